The Morgan fingerprint density at radius 2 is 1.93 bits per heavy atom. The monoisotopic (exact) mass is 388 g/mol. The van der Waals surface area contributed by atoms with E-state index in [2.05, 4.69) is 10.3 Å². The lowest BCUT2D eigenvalue weighted by molar-refractivity contribution is -0.142. The molecule has 8 heteroatoms. The molecule has 1 heterocycles. The third-order valence-electron chi connectivity index (χ3n) is 3.73. The molecule has 2 aromatic carbocycles. The lowest BCUT2D eigenvalue weighted by Crippen LogP contribution is -2.35. The molecule has 2 N–H and O–H groups in total. The number of benzene rings is 2. The van der Waals surface area contributed by atoms with Crippen molar-refractivity contribution in [3.63, 3.8) is 0 Å². The number of nitrogens with zero attached hydrogens (tertiary/aromatic N) is 1. The Morgan fingerprint density at radius 1 is 1.15 bits per heavy atom. The molecular formula is C19H14F2N2O3S. The summed E-state index contributed by atoms with van der Waals surface area (Å²) in [6.07, 6.45) is -0.177. The lowest BCUT2D eigenvalue weighted by Gasteiger charge is -2.15. The van der Waals surface area contributed by atoms with Crippen LogP contribution in [-0.2, 0) is 16.0 Å². The van der Waals surface area contributed by atoms with Gasteiger partial charge in [-0.25, -0.2) is 18.6 Å². The van der Waals surface area contributed by atoms with Crippen LogP contribution in [-0.4, -0.2) is 22.0 Å². The second kappa shape index (κ2) is 8.05. The highest BCUT2D eigenvalue weighted by Gasteiger charge is 2.25. The lowest BCUT2D eigenvalue weighted by atomic mass is 10.1. The number of carbonyl (C=O) groups is 2. The van der Waals surface area contributed by atoms with E-state index in [4.69, 9.17) is 0 Å². The molecule has 0 saturated heterocycles. The summed E-state index contributed by atoms with van der Waals surface area (Å²) in [5.74, 6) is -3.09. The zero-order chi connectivity index (χ0) is 19.4. The molecule has 138 valence electrons. The van der Waals surface area contributed by atoms with Crippen molar-refractivity contribution in [1.82, 2.24) is 10.3 Å². The Hall–Kier alpha value is -3.13. The molecule has 0 bridgehead atoms. The van der Waals surface area contributed by atoms with E-state index in [0.717, 1.165) is 6.07 Å². The van der Waals surface area contributed by atoms with Gasteiger partial charge in [-0.2, -0.15) is 0 Å². The Balaban J connectivity index is 1.72. The zero-order valence-electron chi connectivity index (χ0n) is 13.9. The number of carboxylic acid groups (broad SMARTS) is 1. The Bertz CT molecular complexity index is 990. The highest BCUT2D eigenvalue weighted by Crippen LogP contribution is 2.24. The van der Waals surface area contributed by atoms with Gasteiger partial charge in [0.25, 0.3) is 0 Å². The number of carbonyl (C=O) groups excluding carboxylic acids is 1. The number of thiazole rings is 1. The largest absolute Gasteiger partial charge is 0.479 e. The molecule has 0 aliphatic rings. The fourth-order valence-corrected chi connectivity index (χ4v) is 3.32. The SMILES string of the molecule is O=C(Cc1csc(-c2cccc(F)c2)n1)NC(C(=O)O)c1ccccc1F. The Labute approximate surface area is 157 Å². The maximum Gasteiger partial charge on any atom is 0.331 e. The number of rotatable bonds is 6. The van der Waals surface area contributed by atoms with E-state index in [0.29, 0.717) is 16.3 Å². The minimum Gasteiger partial charge on any atom is -0.479 e. The third-order valence-corrected chi connectivity index (χ3v) is 4.67. The van der Waals surface area contributed by atoms with Crippen molar-refractivity contribution < 1.29 is 23.5 Å². The molecule has 3 rings (SSSR count). The molecule has 5 nitrogen and oxygen atoms in total. The number of nitrogens with one attached hydrogen (secondary N) is 1. The molecule has 1 atom stereocenters. The molecule has 1 amide bonds. The van der Waals surface area contributed by atoms with Crippen molar-refractivity contribution >= 4 is 23.2 Å². The quantitative estimate of drug-likeness (QED) is 0.677. The normalized spacial score (nSPS) is 11.8. The number of hydrogen-bond acceptors (Lipinski definition) is 4. The standard InChI is InChI=1S/C19H14F2N2O3S/c20-12-5-3-4-11(8-12)18-22-13(10-27-18)9-16(24)23-17(19(25)26)14-6-1-2-7-15(14)21/h1-8,10,17H,9H2,(H,23,24)(H,25,26). The Morgan fingerprint density at radius 3 is 2.63 bits per heavy atom. The van der Waals surface area contributed by atoms with Crippen molar-refractivity contribution in [3.05, 3.63) is 76.8 Å². The minimum absolute atomic E-state index is 0.128. The summed E-state index contributed by atoms with van der Waals surface area (Å²) in [6.45, 7) is 0. The van der Waals surface area contributed by atoms with Crippen LogP contribution in [0.5, 0.6) is 0 Å². The van der Waals surface area contributed by atoms with Gasteiger partial charge >= 0.3 is 5.97 Å². The fourth-order valence-electron chi connectivity index (χ4n) is 2.50. The molecule has 27 heavy (non-hydrogen) atoms. The van der Waals surface area contributed by atoms with Gasteiger partial charge in [-0.1, -0.05) is 30.3 Å². The molecule has 0 spiro atoms. The van der Waals surface area contributed by atoms with Crippen LogP contribution in [0, 0.1) is 11.6 Å². The van der Waals surface area contributed by atoms with Crippen molar-refractivity contribution in [2.24, 2.45) is 0 Å². The van der Waals surface area contributed by atoms with E-state index in [1.165, 1.54) is 41.7 Å². The van der Waals surface area contributed by atoms with Gasteiger partial charge in [0.15, 0.2) is 6.04 Å². The number of aliphatic carboxylic acids is 1. The van der Waals surface area contributed by atoms with Crippen LogP contribution >= 0.6 is 11.3 Å². The van der Waals surface area contributed by atoms with Gasteiger partial charge in [0.1, 0.15) is 16.6 Å². The zero-order valence-corrected chi connectivity index (χ0v) is 14.7. The number of halogens is 2. The van der Waals surface area contributed by atoms with E-state index < -0.39 is 29.6 Å². The Kier molecular flexibility index (Phi) is 5.56. The molecule has 0 saturated carbocycles. The van der Waals surface area contributed by atoms with Crippen LogP contribution in [0.1, 0.15) is 17.3 Å². The van der Waals surface area contributed by atoms with E-state index >= 15 is 0 Å². The highest BCUT2D eigenvalue weighted by atomic mass is 32.1. The first-order valence-electron chi connectivity index (χ1n) is 7.91. The third kappa shape index (κ3) is 4.53. The van der Waals surface area contributed by atoms with Crippen molar-refractivity contribution in [1.29, 1.82) is 0 Å². The number of aromatic nitrogens is 1. The van der Waals surface area contributed by atoms with Crippen LogP contribution < -0.4 is 5.32 Å². The molecule has 0 fully saturated rings. The summed E-state index contributed by atoms with van der Waals surface area (Å²) in [4.78, 5) is 27.9. The molecule has 1 unspecified atom stereocenters. The average Bonchev–Trinajstić information content (AvgIpc) is 3.09. The minimum atomic E-state index is -1.50. The molecular weight excluding hydrogens is 374 g/mol. The van der Waals surface area contributed by atoms with Crippen molar-refractivity contribution in [2.45, 2.75) is 12.5 Å². The summed E-state index contributed by atoms with van der Waals surface area (Å²) in [7, 11) is 0. The summed E-state index contributed by atoms with van der Waals surface area (Å²) in [5.41, 5.74) is 0.868. The predicted octanol–water partition coefficient (Wildman–Crippen LogP) is 3.57. The fraction of sp³-hybridized carbons (Fsp3) is 0.105. The number of amides is 1. The molecule has 0 aliphatic carbocycles. The smallest absolute Gasteiger partial charge is 0.331 e. The first-order valence-corrected chi connectivity index (χ1v) is 8.79. The second-order valence-corrected chi connectivity index (χ2v) is 6.55. The molecule has 0 aliphatic heterocycles. The predicted molar refractivity (Wildman–Crippen MR) is 96.1 cm³/mol. The van der Waals surface area contributed by atoms with Gasteiger partial charge in [-0.15, -0.1) is 11.3 Å². The van der Waals surface area contributed by atoms with Crippen LogP contribution in [0.15, 0.2) is 53.9 Å². The first-order chi connectivity index (χ1) is 12.9. The first kappa shape index (κ1) is 18.7. The number of hydrogen-bond donors (Lipinski definition) is 2. The molecule has 0 radical (unpaired) electrons. The number of carboxylic acids is 1. The van der Waals surface area contributed by atoms with E-state index in [1.807, 2.05) is 0 Å². The summed E-state index contributed by atoms with van der Waals surface area (Å²) < 4.78 is 27.2. The van der Waals surface area contributed by atoms with Crippen molar-refractivity contribution in [3.8, 4) is 10.6 Å². The summed E-state index contributed by atoms with van der Waals surface area (Å²) in [6, 6.07) is 9.77. The summed E-state index contributed by atoms with van der Waals surface area (Å²) >= 11 is 1.24. The van der Waals surface area contributed by atoms with Gasteiger partial charge < -0.3 is 10.4 Å². The van der Waals surface area contributed by atoms with Crippen LogP contribution in [0.2, 0.25) is 0 Å². The van der Waals surface area contributed by atoms with Gasteiger partial charge in [-0.05, 0) is 18.2 Å². The van der Waals surface area contributed by atoms with Crippen LogP contribution in [0.25, 0.3) is 10.6 Å². The van der Waals surface area contributed by atoms with Gasteiger partial charge in [0, 0.05) is 16.5 Å². The van der Waals surface area contributed by atoms with Crippen LogP contribution in [0.4, 0.5) is 8.78 Å². The van der Waals surface area contributed by atoms with Gasteiger partial charge in [0.2, 0.25) is 5.91 Å². The average molecular weight is 388 g/mol. The second-order valence-electron chi connectivity index (χ2n) is 5.69. The van der Waals surface area contributed by atoms with Crippen LogP contribution in [0.3, 0.4) is 0 Å². The van der Waals surface area contributed by atoms with Gasteiger partial charge in [-0.3, -0.25) is 4.79 Å². The maximum atomic E-state index is 13.8. The summed E-state index contributed by atoms with van der Waals surface area (Å²) in [5, 5.41) is 13.8. The van der Waals surface area contributed by atoms with Gasteiger partial charge in [0.05, 0.1) is 12.1 Å². The highest BCUT2D eigenvalue weighted by molar-refractivity contribution is 7.13. The van der Waals surface area contributed by atoms with E-state index in [1.54, 1.807) is 17.5 Å². The molecule has 3 aromatic rings. The van der Waals surface area contributed by atoms with E-state index in [9.17, 15) is 23.5 Å². The van der Waals surface area contributed by atoms with Crippen molar-refractivity contribution in [2.75, 3.05) is 0 Å². The molecule has 1 aromatic heterocycles. The topological polar surface area (TPSA) is 79.3 Å². The van der Waals surface area contributed by atoms with E-state index in [-0.39, 0.29) is 12.0 Å². The maximum absolute atomic E-state index is 13.8.